The maximum absolute atomic E-state index is 13.4. The van der Waals surface area contributed by atoms with Crippen LogP contribution >= 0.6 is 0 Å². The number of hydrogen-bond donors (Lipinski definition) is 1. The highest BCUT2D eigenvalue weighted by molar-refractivity contribution is 5.91. The zero-order chi connectivity index (χ0) is 18.7. The monoisotopic (exact) mass is 357 g/mol. The summed E-state index contributed by atoms with van der Waals surface area (Å²) < 4.78 is 24.8. The quantitative estimate of drug-likeness (QED) is 0.757. The van der Waals surface area contributed by atoms with E-state index in [1.807, 2.05) is 0 Å². The molecule has 134 valence electrons. The van der Waals surface area contributed by atoms with Crippen LogP contribution in [0.1, 0.15) is 0 Å². The van der Waals surface area contributed by atoms with Gasteiger partial charge in [0.05, 0.1) is 31.4 Å². The van der Waals surface area contributed by atoms with Gasteiger partial charge in [0.2, 0.25) is 5.91 Å². The fourth-order valence-electron chi connectivity index (χ4n) is 2.51. The molecule has 1 N–H and O–H groups in total. The highest BCUT2D eigenvalue weighted by Gasteiger charge is 2.11. The van der Waals surface area contributed by atoms with Gasteiger partial charge in [-0.2, -0.15) is 0 Å². The summed E-state index contributed by atoms with van der Waals surface area (Å²) in [6, 6.07) is 8.65. The van der Waals surface area contributed by atoms with Crippen molar-refractivity contribution in [3.05, 3.63) is 58.9 Å². The van der Waals surface area contributed by atoms with E-state index in [2.05, 4.69) is 10.3 Å². The van der Waals surface area contributed by atoms with Gasteiger partial charge in [0.25, 0.3) is 5.56 Å². The van der Waals surface area contributed by atoms with Crippen molar-refractivity contribution in [2.24, 2.45) is 0 Å². The maximum atomic E-state index is 13.4. The van der Waals surface area contributed by atoms with Crippen LogP contribution < -0.4 is 20.3 Å². The molecule has 26 heavy (non-hydrogen) atoms. The number of rotatable bonds is 5. The summed E-state index contributed by atoms with van der Waals surface area (Å²) in [6.07, 6.45) is 1.26. The third-order valence-corrected chi connectivity index (χ3v) is 3.77. The van der Waals surface area contributed by atoms with Crippen LogP contribution in [0.2, 0.25) is 0 Å². The highest BCUT2D eigenvalue weighted by Crippen LogP contribution is 2.29. The lowest BCUT2D eigenvalue weighted by Crippen LogP contribution is -2.28. The van der Waals surface area contributed by atoms with Gasteiger partial charge < -0.3 is 14.8 Å². The summed E-state index contributed by atoms with van der Waals surface area (Å²) in [4.78, 5) is 28.7. The molecule has 0 saturated heterocycles. The minimum atomic E-state index is -0.538. The number of fused-ring (bicyclic) bond motifs is 1. The Morgan fingerprint density at radius 2 is 1.92 bits per heavy atom. The van der Waals surface area contributed by atoms with Crippen molar-refractivity contribution in [2.45, 2.75) is 6.54 Å². The molecular formula is C18H16FN3O4. The van der Waals surface area contributed by atoms with Gasteiger partial charge in [0.1, 0.15) is 12.4 Å². The second-order valence-electron chi connectivity index (χ2n) is 5.46. The first-order valence-electron chi connectivity index (χ1n) is 7.68. The zero-order valence-electron chi connectivity index (χ0n) is 14.2. The van der Waals surface area contributed by atoms with Crippen molar-refractivity contribution in [3.8, 4) is 11.5 Å². The van der Waals surface area contributed by atoms with Crippen LogP contribution in [-0.4, -0.2) is 29.7 Å². The lowest BCUT2D eigenvalue weighted by atomic mass is 10.2. The third-order valence-electron chi connectivity index (χ3n) is 3.77. The number of hydrogen-bond acceptors (Lipinski definition) is 5. The molecule has 0 spiro atoms. The topological polar surface area (TPSA) is 82.5 Å². The maximum Gasteiger partial charge on any atom is 0.261 e. The van der Waals surface area contributed by atoms with Crippen LogP contribution in [0.25, 0.3) is 10.9 Å². The van der Waals surface area contributed by atoms with Crippen molar-refractivity contribution < 1.29 is 18.7 Å². The number of anilines is 1. The first-order chi connectivity index (χ1) is 12.5. The van der Waals surface area contributed by atoms with Gasteiger partial charge in [-0.1, -0.05) is 0 Å². The lowest BCUT2D eigenvalue weighted by molar-refractivity contribution is -0.116. The largest absolute Gasteiger partial charge is 0.493 e. The standard InChI is InChI=1S/C18H16FN3O4/c1-25-15-6-4-12(8-16(15)26-2)21-17(23)9-22-10-20-14-5-3-11(19)7-13(14)18(22)24/h3-8,10H,9H2,1-2H3,(H,21,23). The zero-order valence-corrected chi connectivity index (χ0v) is 14.2. The van der Waals surface area contributed by atoms with E-state index < -0.39 is 17.3 Å². The van der Waals surface area contributed by atoms with Crippen LogP contribution in [0.4, 0.5) is 10.1 Å². The van der Waals surface area contributed by atoms with Crippen LogP contribution in [0.5, 0.6) is 11.5 Å². The summed E-state index contributed by atoms with van der Waals surface area (Å²) in [6.45, 7) is -0.257. The number of benzene rings is 2. The fraction of sp³-hybridized carbons (Fsp3) is 0.167. The smallest absolute Gasteiger partial charge is 0.261 e. The Balaban J connectivity index is 1.81. The first-order valence-corrected chi connectivity index (χ1v) is 7.68. The molecule has 3 aromatic rings. The molecule has 0 atom stereocenters. The second kappa shape index (κ2) is 7.22. The number of aromatic nitrogens is 2. The molecule has 0 radical (unpaired) electrons. The minimum absolute atomic E-state index is 0.117. The fourth-order valence-corrected chi connectivity index (χ4v) is 2.51. The Morgan fingerprint density at radius 1 is 1.15 bits per heavy atom. The van der Waals surface area contributed by atoms with E-state index in [1.54, 1.807) is 18.2 Å². The SMILES string of the molecule is COc1ccc(NC(=O)Cn2cnc3ccc(F)cc3c2=O)cc1OC. The molecule has 0 saturated carbocycles. The normalized spacial score (nSPS) is 10.6. The molecule has 0 aliphatic rings. The van der Waals surface area contributed by atoms with Gasteiger partial charge in [-0.3, -0.25) is 14.2 Å². The Hall–Kier alpha value is -3.42. The van der Waals surface area contributed by atoms with Crippen molar-refractivity contribution in [2.75, 3.05) is 19.5 Å². The molecule has 2 aromatic carbocycles. The predicted octanol–water partition coefficient (Wildman–Crippen LogP) is 2.19. The van der Waals surface area contributed by atoms with E-state index in [-0.39, 0.29) is 11.9 Å². The molecule has 1 aromatic heterocycles. The van der Waals surface area contributed by atoms with Gasteiger partial charge in [-0.05, 0) is 30.3 Å². The number of carbonyl (C=O) groups excluding carboxylic acids is 1. The molecule has 7 nitrogen and oxygen atoms in total. The molecular weight excluding hydrogens is 341 g/mol. The molecule has 0 bridgehead atoms. The Labute approximate surface area is 148 Å². The Kier molecular flexibility index (Phi) is 4.83. The van der Waals surface area contributed by atoms with E-state index in [0.29, 0.717) is 22.7 Å². The summed E-state index contributed by atoms with van der Waals surface area (Å²) in [5.74, 6) is 0.0218. The van der Waals surface area contributed by atoms with Crippen molar-refractivity contribution in [1.29, 1.82) is 0 Å². The van der Waals surface area contributed by atoms with E-state index in [9.17, 15) is 14.0 Å². The molecule has 1 amide bonds. The molecule has 0 fully saturated rings. The molecule has 3 rings (SSSR count). The Morgan fingerprint density at radius 3 is 2.65 bits per heavy atom. The number of carbonyl (C=O) groups is 1. The van der Waals surface area contributed by atoms with E-state index in [4.69, 9.17) is 9.47 Å². The number of nitrogens with one attached hydrogen (secondary N) is 1. The number of halogens is 1. The third kappa shape index (κ3) is 3.49. The van der Waals surface area contributed by atoms with Crippen LogP contribution in [-0.2, 0) is 11.3 Å². The Bertz CT molecular complexity index is 1030. The van der Waals surface area contributed by atoms with E-state index in [0.717, 1.165) is 10.6 Å². The van der Waals surface area contributed by atoms with Crippen molar-refractivity contribution in [1.82, 2.24) is 9.55 Å². The van der Waals surface area contributed by atoms with Crippen LogP contribution in [0.3, 0.4) is 0 Å². The van der Waals surface area contributed by atoms with Gasteiger partial charge in [0.15, 0.2) is 11.5 Å². The number of ether oxygens (including phenoxy) is 2. The molecule has 0 unspecified atom stereocenters. The minimum Gasteiger partial charge on any atom is -0.493 e. The van der Waals surface area contributed by atoms with Crippen LogP contribution in [0.15, 0.2) is 47.5 Å². The number of nitrogens with zero attached hydrogens (tertiary/aromatic N) is 2. The van der Waals surface area contributed by atoms with E-state index >= 15 is 0 Å². The number of amides is 1. The van der Waals surface area contributed by atoms with E-state index in [1.165, 1.54) is 32.7 Å². The van der Waals surface area contributed by atoms with Gasteiger partial charge in [-0.15, -0.1) is 0 Å². The highest BCUT2D eigenvalue weighted by atomic mass is 19.1. The lowest BCUT2D eigenvalue weighted by Gasteiger charge is -2.11. The van der Waals surface area contributed by atoms with Gasteiger partial charge in [-0.25, -0.2) is 9.37 Å². The molecule has 8 heteroatoms. The van der Waals surface area contributed by atoms with Gasteiger partial charge in [0, 0.05) is 11.8 Å². The van der Waals surface area contributed by atoms with Crippen LogP contribution in [0, 0.1) is 5.82 Å². The summed E-state index contributed by atoms with van der Waals surface area (Å²) >= 11 is 0. The average molecular weight is 357 g/mol. The number of methoxy groups -OCH3 is 2. The predicted molar refractivity (Wildman–Crippen MR) is 94.1 cm³/mol. The summed E-state index contributed by atoms with van der Waals surface area (Å²) in [7, 11) is 3.00. The summed E-state index contributed by atoms with van der Waals surface area (Å²) in [5, 5.41) is 2.78. The first kappa shape index (κ1) is 17.4. The van der Waals surface area contributed by atoms with Gasteiger partial charge >= 0.3 is 0 Å². The molecule has 0 aliphatic carbocycles. The second-order valence-corrected chi connectivity index (χ2v) is 5.46. The van der Waals surface area contributed by atoms with Crippen molar-refractivity contribution in [3.63, 3.8) is 0 Å². The summed E-state index contributed by atoms with van der Waals surface area (Å²) in [5.41, 5.74) is 0.366. The molecule has 1 heterocycles. The average Bonchev–Trinajstić information content (AvgIpc) is 2.64. The van der Waals surface area contributed by atoms with Crippen molar-refractivity contribution >= 4 is 22.5 Å². The molecule has 0 aliphatic heterocycles.